The molecular weight excluding hydrogens is 438 g/mol. The molecule has 5 rings (SSSR count). The molecule has 3 heterocycles. The average molecular weight is 464 g/mol. The fraction of sp³-hybridized carbons (Fsp3) is 0.308. The largest absolute Gasteiger partial charge is 0.487 e. The number of benzene rings is 1. The van der Waals surface area contributed by atoms with Gasteiger partial charge in [0.05, 0.1) is 16.8 Å². The molecule has 1 aliphatic carbocycles. The van der Waals surface area contributed by atoms with Gasteiger partial charge in [-0.2, -0.15) is 0 Å². The number of pyridine rings is 2. The van der Waals surface area contributed by atoms with E-state index in [2.05, 4.69) is 34.2 Å². The number of ether oxygens (including phenoxy) is 2. The van der Waals surface area contributed by atoms with Gasteiger partial charge in [0, 0.05) is 50.9 Å². The van der Waals surface area contributed by atoms with Crippen LogP contribution >= 0.6 is 11.6 Å². The highest BCUT2D eigenvalue weighted by atomic mass is 35.5. The van der Waals surface area contributed by atoms with Gasteiger partial charge in [-0.05, 0) is 53.8 Å². The SMILES string of the molecule is COC1CN(Cc2ccc3c(c2)CCC(n2ccc(OCc4ccc(Cl)cn4)cc2=O)=C3)C1. The molecule has 6 nitrogen and oxygen atoms in total. The molecule has 0 spiro atoms. The molecule has 0 atom stereocenters. The molecular formula is C26H26ClN3O3. The van der Waals surface area contributed by atoms with E-state index in [0.717, 1.165) is 43.9 Å². The second-order valence-corrected chi connectivity index (χ2v) is 8.98. The van der Waals surface area contributed by atoms with Gasteiger partial charge in [-0.15, -0.1) is 0 Å². The van der Waals surface area contributed by atoms with E-state index in [-0.39, 0.29) is 12.2 Å². The molecule has 0 unspecified atom stereocenters. The van der Waals surface area contributed by atoms with E-state index in [1.807, 2.05) is 6.07 Å². The lowest BCUT2D eigenvalue weighted by molar-refractivity contribution is -0.0334. The summed E-state index contributed by atoms with van der Waals surface area (Å²) in [6.45, 7) is 3.23. The molecule has 0 bridgehead atoms. The summed E-state index contributed by atoms with van der Waals surface area (Å²) in [4.78, 5) is 19.4. The molecule has 1 saturated heterocycles. The van der Waals surface area contributed by atoms with Crippen LogP contribution < -0.4 is 10.3 Å². The van der Waals surface area contributed by atoms with Crippen molar-refractivity contribution in [3.8, 4) is 5.75 Å². The second kappa shape index (κ2) is 9.51. The molecule has 1 aromatic carbocycles. The lowest BCUT2D eigenvalue weighted by Gasteiger charge is -2.38. The van der Waals surface area contributed by atoms with Crippen LogP contribution in [-0.4, -0.2) is 40.8 Å². The summed E-state index contributed by atoms with van der Waals surface area (Å²) in [5.41, 5.74) is 5.49. The van der Waals surface area contributed by atoms with Crippen molar-refractivity contribution in [3.63, 3.8) is 0 Å². The third kappa shape index (κ3) is 5.03. The molecule has 2 aromatic heterocycles. The van der Waals surface area contributed by atoms with Crippen LogP contribution in [0.25, 0.3) is 11.8 Å². The van der Waals surface area contributed by atoms with Crippen LogP contribution in [0, 0.1) is 0 Å². The molecule has 1 fully saturated rings. The third-order valence-corrected chi connectivity index (χ3v) is 6.44. The number of rotatable bonds is 7. The number of hydrogen-bond donors (Lipinski definition) is 0. The van der Waals surface area contributed by atoms with Crippen molar-refractivity contribution in [3.05, 3.63) is 92.6 Å². The molecule has 170 valence electrons. The zero-order valence-corrected chi connectivity index (χ0v) is 19.3. The molecule has 0 saturated carbocycles. The standard InChI is InChI=1S/C26H26ClN3O3/c1-32-25-15-29(16-25)14-18-2-3-20-11-23(7-4-19(20)10-18)30-9-8-24(12-26(30)31)33-17-22-6-5-21(27)13-28-22/h2-3,5-6,8-13,25H,4,7,14-17H2,1H3. The van der Waals surface area contributed by atoms with Crippen LogP contribution in [0.15, 0.2) is 59.7 Å². The van der Waals surface area contributed by atoms with Crippen LogP contribution in [-0.2, 0) is 24.3 Å². The molecule has 33 heavy (non-hydrogen) atoms. The number of aryl methyl sites for hydroxylation is 1. The maximum atomic E-state index is 12.8. The second-order valence-electron chi connectivity index (χ2n) is 8.55. The predicted molar refractivity (Wildman–Crippen MR) is 129 cm³/mol. The first-order valence-electron chi connectivity index (χ1n) is 11.1. The van der Waals surface area contributed by atoms with Crippen LogP contribution in [0.5, 0.6) is 5.75 Å². The Morgan fingerprint density at radius 1 is 1.12 bits per heavy atom. The number of hydrogen-bond acceptors (Lipinski definition) is 5. The minimum Gasteiger partial charge on any atom is -0.487 e. The Morgan fingerprint density at radius 2 is 2.00 bits per heavy atom. The summed E-state index contributed by atoms with van der Waals surface area (Å²) in [6.07, 6.45) is 7.60. The predicted octanol–water partition coefficient (Wildman–Crippen LogP) is 4.25. The van der Waals surface area contributed by atoms with Gasteiger partial charge in [-0.3, -0.25) is 19.2 Å². The van der Waals surface area contributed by atoms with E-state index in [1.54, 1.807) is 36.2 Å². The number of fused-ring (bicyclic) bond motifs is 1. The summed E-state index contributed by atoms with van der Waals surface area (Å²) in [5.74, 6) is 0.524. The van der Waals surface area contributed by atoms with Crippen LogP contribution in [0.2, 0.25) is 5.02 Å². The lowest BCUT2D eigenvalue weighted by Crippen LogP contribution is -2.50. The van der Waals surface area contributed by atoms with Crippen molar-refractivity contribution in [2.45, 2.75) is 32.1 Å². The van der Waals surface area contributed by atoms with Crippen molar-refractivity contribution in [1.82, 2.24) is 14.5 Å². The lowest BCUT2D eigenvalue weighted by atomic mass is 9.93. The smallest absolute Gasteiger partial charge is 0.258 e. The maximum absolute atomic E-state index is 12.8. The van der Waals surface area contributed by atoms with E-state index < -0.39 is 0 Å². The minimum atomic E-state index is -0.103. The average Bonchev–Trinajstić information content (AvgIpc) is 2.80. The van der Waals surface area contributed by atoms with Crippen LogP contribution in [0.4, 0.5) is 0 Å². The van der Waals surface area contributed by atoms with Crippen molar-refractivity contribution in [1.29, 1.82) is 0 Å². The molecule has 2 aliphatic rings. The van der Waals surface area contributed by atoms with Gasteiger partial charge in [0.1, 0.15) is 12.4 Å². The molecule has 0 radical (unpaired) electrons. The van der Waals surface area contributed by atoms with Gasteiger partial charge in [0.2, 0.25) is 0 Å². The monoisotopic (exact) mass is 463 g/mol. The normalized spacial score (nSPS) is 16.1. The van der Waals surface area contributed by atoms with Crippen molar-refractivity contribution >= 4 is 23.4 Å². The number of halogens is 1. The Kier molecular flexibility index (Phi) is 6.31. The zero-order chi connectivity index (χ0) is 22.8. The maximum Gasteiger partial charge on any atom is 0.258 e. The van der Waals surface area contributed by atoms with E-state index in [0.29, 0.717) is 16.9 Å². The van der Waals surface area contributed by atoms with Crippen LogP contribution in [0.3, 0.4) is 0 Å². The Morgan fingerprint density at radius 3 is 2.76 bits per heavy atom. The number of methoxy groups -OCH3 is 1. The van der Waals surface area contributed by atoms with Crippen molar-refractivity contribution in [2.24, 2.45) is 0 Å². The number of nitrogens with zero attached hydrogens (tertiary/aromatic N) is 3. The van der Waals surface area contributed by atoms with E-state index in [9.17, 15) is 4.79 Å². The third-order valence-electron chi connectivity index (χ3n) is 6.22. The Bertz CT molecular complexity index is 1230. The summed E-state index contributed by atoms with van der Waals surface area (Å²) < 4.78 is 12.8. The van der Waals surface area contributed by atoms with Crippen molar-refractivity contribution < 1.29 is 9.47 Å². The van der Waals surface area contributed by atoms with Gasteiger partial charge < -0.3 is 9.47 Å². The van der Waals surface area contributed by atoms with Gasteiger partial charge in [0.25, 0.3) is 5.56 Å². The van der Waals surface area contributed by atoms with Crippen molar-refractivity contribution in [2.75, 3.05) is 20.2 Å². The summed E-state index contributed by atoms with van der Waals surface area (Å²) >= 11 is 5.86. The van der Waals surface area contributed by atoms with Gasteiger partial charge in [-0.1, -0.05) is 29.8 Å². The summed E-state index contributed by atoms with van der Waals surface area (Å²) in [6, 6.07) is 13.6. The molecule has 3 aromatic rings. The first-order chi connectivity index (χ1) is 16.1. The van der Waals surface area contributed by atoms with E-state index in [1.165, 1.54) is 22.8 Å². The fourth-order valence-corrected chi connectivity index (χ4v) is 4.43. The Balaban J connectivity index is 1.26. The van der Waals surface area contributed by atoms with E-state index >= 15 is 0 Å². The van der Waals surface area contributed by atoms with E-state index in [4.69, 9.17) is 21.1 Å². The zero-order valence-electron chi connectivity index (χ0n) is 18.5. The number of likely N-dealkylation sites (tertiary alicyclic amines) is 1. The molecule has 1 aliphatic heterocycles. The molecule has 0 amide bonds. The highest BCUT2D eigenvalue weighted by Crippen LogP contribution is 2.28. The Labute approximate surface area is 198 Å². The molecule has 0 N–H and O–H groups in total. The summed E-state index contributed by atoms with van der Waals surface area (Å²) in [7, 11) is 1.77. The van der Waals surface area contributed by atoms with Gasteiger partial charge in [0.15, 0.2) is 0 Å². The quantitative estimate of drug-likeness (QED) is 0.524. The highest BCUT2D eigenvalue weighted by molar-refractivity contribution is 6.30. The fourth-order valence-electron chi connectivity index (χ4n) is 4.31. The molecule has 7 heteroatoms. The number of aromatic nitrogens is 2. The number of allylic oxidation sites excluding steroid dienone is 1. The highest BCUT2D eigenvalue weighted by Gasteiger charge is 2.26. The first-order valence-corrected chi connectivity index (χ1v) is 11.5. The summed E-state index contributed by atoms with van der Waals surface area (Å²) in [5, 5.41) is 0.580. The van der Waals surface area contributed by atoms with Crippen LogP contribution in [0.1, 0.15) is 28.8 Å². The minimum absolute atomic E-state index is 0.103. The first kappa shape index (κ1) is 21.9. The van der Waals surface area contributed by atoms with Gasteiger partial charge >= 0.3 is 0 Å². The topological polar surface area (TPSA) is 56.6 Å². The van der Waals surface area contributed by atoms with Gasteiger partial charge in [-0.25, -0.2) is 0 Å². The Hall–Kier alpha value is -2.93.